The van der Waals surface area contributed by atoms with Crippen LogP contribution in [0.15, 0.2) is 18.2 Å². The predicted molar refractivity (Wildman–Crippen MR) is 75.7 cm³/mol. The summed E-state index contributed by atoms with van der Waals surface area (Å²) < 4.78 is 0. The average molecular weight is 261 g/mol. The average Bonchev–Trinajstić information content (AvgIpc) is 2.36. The highest BCUT2D eigenvalue weighted by molar-refractivity contribution is 5.73. The van der Waals surface area contributed by atoms with Gasteiger partial charge in [0.15, 0.2) is 0 Å². The SMILES string of the molecule is CC(=O)N1CCc2ccc(C(O)CC(C)C)cc2C1. The molecule has 1 aromatic carbocycles. The van der Waals surface area contributed by atoms with Gasteiger partial charge < -0.3 is 10.0 Å². The molecule has 1 atom stereocenters. The Labute approximate surface area is 115 Å². The van der Waals surface area contributed by atoms with Gasteiger partial charge in [-0.05, 0) is 35.4 Å². The van der Waals surface area contributed by atoms with E-state index in [-0.39, 0.29) is 5.91 Å². The fourth-order valence-electron chi connectivity index (χ4n) is 2.64. The minimum atomic E-state index is -0.405. The molecule has 0 bridgehead atoms. The summed E-state index contributed by atoms with van der Waals surface area (Å²) in [7, 11) is 0. The quantitative estimate of drug-likeness (QED) is 0.908. The Morgan fingerprint density at radius 2 is 2.11 bits per heavy atom. The Bertz CT molecular complexity index is 468. The Morgan fingerprint density at radius 3 is 2.74 bits per heavy atom. The standard InChI is InChI=1S/C16H23NO2/c1-11(2)8-16(19)14-5-4-13-6-7-17(12(3)18)10-15(13)9-14/h4-5,9,11,16,19H,6-8,10H2,1-3H3. The van der Waals surface area contributed by atoms with Crippen LogP contribution in [0, 0.1) is 5.92 Å². The van der Waals surface area contributed by atoms with Crippen molar-refractivity contribution >= 4 is 5.91 Å². The molecule has 0 saturated heterocycles. The topological polar surface area (TPSA) is 40.5 Å². The molecule has 0 saturated carbocycles. The van der Waals surface area contributed by atoms with E-state index in [9.17, 15) is 9.90 Å². The van der Waals surface area contributed by atoms with Gasteiger partial charge in [0, 0.05) is 20.0 Å². The van der Waals surface area contributed by atoms with E-state index in [0.717, 1.165) is 24.9 Å². The molecule has 1 amide bonds. The van der Waals surface area contributed by atoms with Gasteiger partial charge in [-0.3, -0.25) is 4.79 Å². The van der Waals surface area contributed by atoms with Crippen molar-refractivity contribution in [3.05, 3.63) is 34.9 Å². The zero-order chi connectivity index (χ0) is 14.0. The summed E-state index contributed by atoms with van der Waals surface area (Å²) in [5.74, 6) is 0.596. The summed E-state index contributed by atoms with van der Waals surface area (Å²) >= 11 is 0. The Hall–Kier alpha value is -1.35. The van der Waals surface area contributed by atoms with E-state index in [1.807, 2.05) is 11.0 Å². The summed E-state index contributed by atoms with van der Waals surface area (Å²) in [6, 6.07) is 6.19. The maximum absolute atomic E-state index is 11.4. The smallest absolute Gasteiger partial charge is 0.219 e. The first-order valence-corrected chi connectivity index (χ1v) is 7.02. The molecule has 1 N–H and O–H groups in total. The summed E-state index contributed by atoms with van der Waals surface area (Å²) in [5, 5.41) is 10.2. The molecule has 19 heavy (non-hydrogen) atoms. The molecular formula is C16H23NO2. The number of aliphatic hydroxyl groups is 1. The molecule has 3 heteroatoms. The van der Waals surface area contributed by atoms with E-state index in [2.05, 4.69) is 26.0 Å². The third kappa shape index (κ3) is 3.35. The van der Waals surface area contributed by atoms with Crippen LogP contribution in [0.5, 0.6) is 0 Å². The molecule has 104 valence electrons. The number of benzene rings is 1. The Kier molecular flexibility index (Phi) is 4.25. The van der Waals surface area contributed by atoms with Crippen LogP contribution < -0.4 is 0 Å². The van der Waals surface area contributed by atoms with E-state index < -0.39 is 6.10 Å². The van der Waals surface area contributed by atoms with Crippen molar-refractivity contribution in [3.63, 3.8) is 0 Å². The minimum Gasteiger partial charge on any atom is -0.388 e. The summed E-state index contributed by atoms with van der Waals surface area (Å²) in [4.78, 5) is 13.3. The highest BCUT2D eigenvalue weighted by atomic mass is 16.3. The molecule has 0 aromatic heterocycles. The minimum absolute atomic E-state index is 0.124. The van der Waals surface area contributed by atoms with Crippen molar-refractivity contribution in [2.45, 2.75) is 46.3 Å². The maximum atomic E-state index is 11.4. The van der Waals surface area contributed by atoms with Crippen molar-refractivity contribution in [1.82, 2.24) is 4.90 Å². The number of amides is 1. The Morgan fingerprint density at radius 1 is 1.37 bits per heavy atom. The number of hydrogen-bond acceptors (Lipinski definition) is 2. The van der Waals surface area contributed by atoms with Crippen LogP contribution in [0.2, 0.25) is 0 Å². The van der Waals surface area contributed by atoms with E-state index in [4.69, 9.17) is 0 Å². The lowest BCUT2D eigenvalue weighted by Gasteiger charge is -2.28. The number of fused-ring (bicyclic) bond motifs is 1. The normalized spacial score (nSPS) is 16.4. The fraction of sp³-hybridized carbons (Fsp3) is 0.562. The van der Waals surface area contributed by atoms with Crippen LogP contribution in [-0.2, 0) is 17.8 Å². The molecule has 1 aliphatic rings. The summed E-state index contributed by atoms with van der Waals surface area (Å²) in [5.41, 5.74) is 3.46. The molecule has 1 unspecified atom stereocenters. The molecule has 0 fully saturated rings. The number of carbonyl (C=O) groups excluding carboxylic acids is 1. The second-order valence-electron chi connectivity index (χ2n) is 5.86. The predicted octanol–water partition coefficient (Wildman–Crippen LogP) is 2.67. The van der Waals surface area contributed by atoms with Crippen molar-refractivity contribution in [2.24, 2.45) is 5.92 Å². The first-order valence-electron chi connectivity index (χ1n) is 7.02. The van der Waals surface area contributed by atoms with Gasteiger partial charge in [0.25, 0.3) is 0 Å². The molecule has 2 rings (SSSR count). The number of nitrogens with zero attached hydrogens (tertiary/aromatic N) is 1. The van der Waals surface area contributed by atoms with Gasteiger partial charge in [0.2, 0.25) is 5.91 Å². The molecular weight excluding hydrogens is 238 g/mol. The third-order valence-electron chi connectivity index (χ3n) is 3.77. The van der Waals surface area contributed by atoms with Gasteiger partial charge in [-0.2, -0.15) is 0 Å². The zero-order valence-electron chi connectivity index (χ0n) is 12.0. The van der Waals surface area contributed by atoms with E-state index in [1.54, 1.807) is 6.92 Å². The molecule has 3 nitrogen and oxygen atoms in total. The molecule has 1 aliphatic heterocycles. The number of rotatable bonds is 3. The van der Waals surface area contributed by atoms with Crippen LogP contribution in [0.1, 0.15) is 50.0 Å². The molecule has 0 spiro atoms. The lowest BCUT2D eigenvalue weighted by molar-refractivity contribution is -0.129. The number of hydrogen-bond donors (Lipinski definition) is 1. The lowest BCUT2D eigenvalue weighted by atomic mass is 9.93. The van der Waals surface area contributed by atoms with Crippen molar-refractivity contribution < 1.29 is 9.90 Å². The third-order valence-corrected chi connectivity index (χ3v) is 3.77. The first kappa shape index (κ1) is 14.1. The van der Waals surface area contributed by atoms with Crippen LogP contribution >= 0.6 is 0 Å². The molecule has 1 heterocycles. The van der Waals surface area contributed by atoms with Crippen LogP contribution in [0.4, 0.5) is 0 Å². The second kappa shape index (κ2) is 5.74. The largest absolute Gasteiger partial charge is 0.388 e. The fourth-order valence-corrected chi connectivity index (χ4v) is 2.64. The molecule has 0 aliphatic carbocycles. The summed E-state index contributed by atoms with van der Waals surface area (Å²) in [6.45, 7) is 7.31. The highest BCUT2D eigenvalue weighted by Crippen LogP contribution is 2.26. The van der Waals surface area contributed by atoms with Crippen LogP contribution in [0.25, 0.3) is 0 Å². The van der Waals surface area contributed by atoms with Gasteiger partial charge in [-0.25, -0.2) is 0 Å². The Balaban J connectivity index is 2.18. The highest BCUT2D eigenvalue weighted by Gasteiger charge is 2.19. The molecule has 0 radical (unpaired) electrons. The first-order chi connectivity index (χ1) is 8.97. The van der Waals surface area contributed by atoms with Gasteiger partial charge in [-0.15, -0.1) is 0 Å². The van der Waals surface area contributed by atoms with E-state index in [1.165, 1.54) is 11.1 Å². The van der Waals surface area contributed by atoms with Crippen molar-refractivity contribution in [3.8, 4) is 0 Å². The van der Waals surface area contributed by atoms with Gasteiger partial charge >= 0.3 is 0 Å². The van der Waals surface area contributed by atoms with Crippen molar-refractivity contribution in [2.75, 3.05) is 6.54 Å². The van der Waals surface area contributed by atoms with Gasteiger partial charge in [0.05, 0.1) is 6.10 Å². The number of aliphatic hydroxyl groups excluding tert-OH is 1. The van der Waals surface area contributed by atoms with E-state index in [0.29, 0.717) is 12.5 Å². The van der Waals surface area contributed by atoms with Crippen LogP contribution in [-0.4, -0.2) is 22.5 Å². The van der Waals surface area contributed by atoms with Gasteiger partial charge in [-0.1, -0.05) is 32.0 Å². The number of carbonyl (C=O) groups is 1. The monoisotopic (exact) mass is 261 g/mol. The molecule has 1 aromatic rings. The van der Waals surface area contributed by atoms with Gasteiger partial charge in [0.1, 0.15) is 0 Å². The summed E-state index contributed by atoms with van der Waals surface area (Å²) in [6.07, 6.45) is 1.28. The maximum Gasteiger partial charge on any atom is 0.219 e. The lowest BCUT2D eigenvalue weighted by Crippen LogP contribution is -2.34. The zero-order valence-corrected chi connectivity index (χ0v) is 12.0. The second-order valence-corrected chi connectivity index (χ2v) is 5.86. The van der Waals surface area contributed by atoms with Crippen LogP contribution in [0.3, 0.4) is 0 Å². The van der Waals surface area contributed by atoms with Crippen molar-refractivity contribution in [1.29, 1.82) is 0 Å². The van der Waals surface area contributed by atoms with E-state index >= 15 is 0 Å².